The van der Waals surface area contributed by atoms with Crippen LogP contribution in [0.3, 0.4) is 0 Å². The fourth-order valence-corrected chi connectivity index (χ4v) is 2.59. The maximum Gasteiger partial charge on any atom is 0.188 e. The number of rotatable bonds is 2. The molecule has 1 N–H and O–H groups in total. The van der Waals surface area contributed by atoms with Gasteiger partial charge in [0.05, 0.1) is 5.69 Å². The number of anilines is 2. The Morgan fingerprint density at radius 3 is 2.87 bits per heavy atom. The van der Waals surface area contributed by atoms with Gasteiger partial charge in [0.15, 0.2) is 5.13 Å². The predicted molar refractivity (Wildman–Crippen MR) is 69.3 cm³/mol. The number of nitrogens with one attached hydrogen (secondary N) is 1. The number of aryl methyl sites for hydroxylation is 1. The molecule has 0 aliphatic rings. The smallest absolute Gasteiger partial charge is 0.188 e. The van der Waals surface area contributed by atoms with Gasteiger partial charge in [0.1, 0.15) is 5.15 Å². The van der Waals surface area contributed by atoms with E-state index in [-0.39, 0.29) is 0 Å². The third kappa shape index (κ3) is 2.71. The lowest BCUT2D eigenvalue weighted by atomic mass is 10.2. The molecule has 0 saturated carbocycles. The van der Waals surface area contributed by atoms with Crippen LogP contribution in [0.4, 0.5) is 10.8 Å². The summed E-state index contributed by atoms with van der Waals surface area (Å²) < 4.78 is 1.02. The maximum atomic E-state index is 5.74. The van der Waals surface area contributed by atoms with Crippen LogP contribution in [-0.2, 0) is 0 Å². The highest BCUT2D eigenvalue weighted by Crippen LogP contribution is 2.29. The Bertz CT molecular complexity index is 484. The summed E-state index contributed by atoms with van der Waals surface area (Å²) in [4.78, 5) is 4.12. The molecule has 0 saturated heterocycles. The van der Waals surface area contributed by atoms with E-state index in [2.05, 4.69) is 39.2 Å². The monoisotopic (exact) mass is 302 g/mol. The van der Waals surface area contributed by atoms with Crippen molar-refractivity contribution in [3.8, 4) is 0 Å². The molecule has 2 aromatic rings. The molecule has 2 rings (SSSR count). The summed E-state index contributed by atoms with van der Waals surface area (Å²) in [5.74, 6) is 0. The third-order valence-corrected chi connectivity index (χ3v) is 3.58. The molecule has 78 valence electrons. The molecule has 1 aromatic heterocycles. The quantitative estimate of drug-likeness (QED) is 0.876. The largest absolute Gasteiger partial charge is 0.331 e. The third-order valence-electron chi connectivity index (χ3n) is 1.84. The topological polar surface area (TPSA) is 24.9 Å². The van der Waals surface area contributed by atoms with Gasteiger partial charge in [-0.05, 0) is 40.5 Å². The average Bonchev–Trinajstić information content (AvgIpc) is 2.56. The lowest BCUT2D eigenvalue weighted by molar-refractivity contribution is 1.37. The number of thiazole rings is 1. The van der Waals surface area contributed by atoms with Crippen LogP contribution in [0.1, 0.15) is 5.56 Å². The van der Waals surface area contributed by atoms with Crippen LogP contribution in [0.2, 0.25) is 5.15 Å². The summed E-state index contributed by atoms with van der Waals surface area (Å²) in [7, 11) is 0. The van der Waals surface area contributed by atoms with Crippen LogP contribution >= 0.6 is 38.9 Å². The Balaban J connectivity index is 2.24. The van der Waals surface area contributed by atoms with E-state index >= 15 is 0 Å². The number of nitrogens with zero attached hydrogens (tertiary/aromatic N) is 1. The van der Waals surface area contributed by atoms with Crippen molar-refractivity contribution in [1.82, 2.24) is 4.98 Å². The molecule has 0 aliphatic carbocycles. The van der Waals surface area contributed by atoms with Crippen molar-refractivity contribution >= 4 is 49.7 Å². The molecule has 0 unspecified atom stereocenters. The van der Waals surface area contributed by atoms with E-state index in [9.17, 15) is 0 Å². The zero-order chi connectivity index (χ0) is 10.8. The first-order valence-electron chi connectivity index (χ1n) is 4.29. The summed E-state index contributed by atoms with van der Waals surface area (Å²) in [6.07, 6.45) is 0. The average molecular weight is 304 g/mol. The van der Waals surface area contributed by atoms with Crippen LogP contribution in [-0.4, -0.2) is 4.98 Å². The molecule has 0 spiro atoms. The molecular weight excluding hydrogens is 296 g/mol. The first-order valence-corrected chi connectivity index (χ1v) is 6.34. The van der Waals surface area contributed by atoms with Crippen molar-refractivity contribution in [2.75, 3.05) is 5.32 Å². The molecule has 0 bridgehead atoms. The molecule has 0 atom stereocenters. The summed E-state index contributed by atoms with van der Waals surface area (Å²) in [6, 6.07) is 6.11. The molecule has 0 aliphatic heterocycles. The van der Waals surface area contributed by atoms with Crippen molar-refractivity contribution in [2.45, 2.75) is 6.92 Å². The van der Waals surface area contributed by atoms with Gasteiger partial charge in [-0.1, -0.05) is 17.7 Å². The van der Waals surface area contributed by atoms with Crippen LogP contribution in [0.15, 0.2) is 28.1 Å². The molecule has 0 amide bonds. The first-order chi connectivity index (χ1) is 7.15. The Kier molecular flexibility index (Phi) is 3.29. The molecule has 1 aromatic carbocycles. The molecular formula is C10H8BrClN2S. The number of aromatic nitrogens is 1. The van der Waals surface area contributed by atoms with E-state index in [1.54, 1.807) is 5.38 Å². The second-order valence-corrected chi connectivity index (χ2v) is 5.18. The van der Waals surface area contributed by atoms with Gasteiger partial charge in [-0.2, -0.15) is 0 Å². The van der Waals surface area contributed by atoms with Crippen LogP contribution < -0.4 is 5.32 Å². The maximum absolute atomic E-state index is 5.74. The Labute approximate surface area is 105 Å². The van der Waals surface area contributed by atoms with E-state index in [1.807, 2.05) is 12.1 Å². The highest BCUT2D eigenvalue weighted by atomic mass is 79.9. The van der Waals surface area contributed by atoms with Gasteiger partial charge in [-0.15, -0.1) is 11.3 Å². The number of hydrogen-bond acceptors (Lipinski definition) is 3. The number of halogens is 2. The standard InChI is InChI=1S/C10H8BrClN2S/c1-6-2-3-8(7(11)4-6)13-10-14-9(12)5-15-10/h2-5H,1H3,(H,13,14). The molecule has 1 heterocycles. The van der Waals surface area contributed by atoms with Gasteiger partial charge in [-0.25, -0.2) is 4.98 Å². The van der Waals surface area contributed by atoms with Gasteiger partial charge in [0, 0.05) is 9.85 Å². The number of benzene rings is 1. The van der Waals surface area contributed by atoms with Crippen molar-refractivity contribution in [2.24, 2.45) is 0 Å². The summed E-state index contributed by atoms with van der Waals surface area (Å²) in [5, 5.41) is 6.31. The lowest BCUT2D eigenvalue weighted by Gasteiger charge is -2.05. The molecule has 5 heteroatoms. The van der Waals surface area contributed by atoms with Gasteiger partial charge < -0.3 is 5.32 Å². The minimum atomic E-state index is 0.519. The molecule has 2 nitrogen and oxygen atoms in total. The van der Waals surface area contributed by atoms with Crippen molar-refractivity contribution < 1.29 is 0 Å². The fraction of sp³-hybridized carbons (Fsp3) is 0.100. The fourth-order valence-electron chi connectivity index (χ4n) is 1.15. The predicted octanol–water partition coefficient (Wildman–Crippen LogP) is 4.61. The highest BCUT2D eigenvalue weighted by molar-refractivity contribution is 9.10. The molecule has 15 heavy (non-hydrogen) atoms. The molecule has 0 fully saturated rings. The SMILES string of the molecule is Cc1ccc(Nc2nc(Cl)cs2)c(Br)c1. The van der Waals surface area contributed by atoms with Gasteiger partial charge >= 0.3 is 0 Å². The van der Waals surface area contributed by atoms with Crippen molar-refractivity contribution in [3.05, 3.63) is 38.8 Å². The summed E-state index contributed by atoms with van der Waals surface area (Å²) >= 11 is 10.7. The minimum Gasteiger partial charge on any atom is -0.331 e. The summed E-state index contributed by atoms with van der Waals surface area (Å²) in [5.41, 5.74) is 2.20. The lowest BCUT2D eigenvalue weighted by Crippen LogP contribution is -1.90. The number of hydrogen-bond donors (Lipinski definition) is 1. The second kappa shape index (κ2) is 4.51. The van der Waals surface area contributed by atoms with E-state index in [1.165, 1.54) is 16.9 Å². The Morgan fingerprint density at radius 2 is 2.27 bits per heavy atom. The van der Waals surface area contributed by atoms with Gasteiger partial charge in [-0.3, -0.25) is 0 Å². The Hall–Kier alpha value is -0.580. The second-order valence-electron chi connectivity index (χ2n) is 3.08. The van der Waals surface area contributed by atoms with Crippen molar-refractivity contribution in [3.63, 3.8) is 0 Å². The zero-order valence-electron chi connectivity index (χ0n) is 7.92. The van der Waals surface area contributed by atoms with E-state index < -0.39 is 0 Å². The first kappa shape index (κ1) is 10.9. The normalized spacial score (nSPS) is 10.3. The van der Waals surface area contributed by atoms with Crippen molar-refractivity contribution in [1.29, 1.82) is 0 Å². The molecule has 0 radical (unpaired) electrons. The minimum absolute atomic E-state index is 0.519. The highest BCUT2D eigenvalue weighted by Gasteiger charge is 2.03. The Morgan fingerprint density at radius 1 is 1.47 bits per heavy atom. The summed E-state index contributed by atoms with van der Waals surface area (Å²) in [6.45, 7) is 2.05. The van der Waals surface area contributed by atoms with Crippen LogP contribution in [0.25, 0.3) is 0 Å². The van der Waals surface area contributed by atoms with Gasteiger partial charge in [0.25, 0.3) is 0 Å². The van der Waals surface area contributed by atoms with E-state index in [0.29, 0.717) is 5.15 Å². The van der Waals surface area contributed by atoms with Gasteiger partial charge in [0.2, 0.25) is 0 Å². The van der Waals surface area contributed by atoms with E-state index in [4.69, 9.17) is 11.6 Å². The van der Waals surface area contributed by atoms with Crippen LogP contribution in [0, 0.1) is 6.92 Å². The van der Waals surface area contributed by atoms with Crippen LogP contribution in [0.5, 0.6) is 0 Å². The zero-order valence-corrected chi connectivity index (χ0v) is 11.1. The van der Waals surface area contributed by atoms with E-state index in [0.717, 1.165) is 15.3 Å².